The Morgan fingerprint density at radius 3 is 0.579 bits per heavy atom. The molecular weight excluding hydrogens is 460 g/mol. The van der Waals surface area contributed by atoms with Crippen molar-refractivity contribution in [1.29, 1.82) is 0 Å². The molecule has 38 heavy (non-hydrogen) atoms. The summed E-state index contributed by atoms with van der Waals surface area (Å²) in [5, 5.41) is 0. The van der Waals surface area contributed by atoms with Gasteiger partial charge in [-0.15, -0.1) is 0 Å². The van der Waals surface area contributed by atoms with Gasteiger partial charge < -0.3 is 11.5 Å². The first-order valence-electron chi connectivity index (χ1n) is 18.3. The van der Waals surface area contributed by atoms with Gasteiger partial charge in [-0.25, -0.2) is 0 Å². The van der Waals surface area contributed by atoms with Crippen LogP contribution < -0.4 is 11.5 Å². The Morgan fingerprint density at radius 2 is 0.421 bits per heavy atom. The highest BCUT2D eigenvalue weighted by molar-refractivity contribution is 4.54. The van der Waals surface area contributed by atoms with E-state index in [2.05, 4.69) is 6.92 Å². The third kappa shape index (κ3) is 35.9. The smallest absolute Gasteiger partial charge is 0.0520 e. The Balaban J connectivity index is 3.02. The lowest BCUT2D eigenvalue weighted by atomic mass is 10.0. The van der Waals surface area contributed by atoms with Gasteiger partial charge in [0.05, 0.1) is 6.17 Å². The molecule has 0 atom stereocenters. The van der Waals surface area contributed by atoms with E-state index in [1.807, 2.05) is 0 Å². The molecule has 0 spiro atoms. The minimum Gasteiger partial charge on any atom is -0.316 e. The average molecular weight is 537 g/mol. The van der Waals surface area contributed by atoms with E-state index < -0.39 is 0 Å². The highest BCUT2D eigenvalue weighted by Crippen LogP contribution is 2.17. The van der Waals surface area contributed by atoms with E-state index in [4.69, 9.17) is 11.5 Å². The van der Waals surface area contributed by atoms with Crippen LogP contribution in [0.2, 0.25) is 0 Å². The number of unbranched alkanes of at least 4 members (excludes halogenated alkanes) is 32. The summed E-state index contributed by atoms with van der Waals surface area (Å²) >= 11 is 0. The second kappa shape index (κ2) is 34.9. The maximum absolute atomic E-state index is 5.59. The quantitative estimate of drug-likeness (QED) is 0.0634. The van der Waals surface area contributed by atoms with Crippen LogP contribution in [0.5, 0.6) is 0 Å². The minimum atomic E-state index is -0.103. The molecule has 0 aliphatic heterocycles. The van der Waals surface area contributed by atoms with Crippen LogP contribution in [0.3, 0.4) is 0 Å². The number of nitrogens with two attached hydrogens (primary N) is 2. The van der Waals surface area contributed by atoms with Gasteiger partial charge in [-0.3, -0.25) is 0 Å². The summed E-state index contributed by atoms with van der Waals surface area (Å²) in [7, 11) is 0. The molecule has 2 heteroatoms. The summed E-state index contributed by atoms with van der Waals surface area (Å²) in [6, 6.07) is 0. The van der Waals surface area contributed by atoms with Crippen LogP contribution in [0.15, 0.2) is 0 Å². The standard InChI is InChI=1S/C36H76N2/c1-2-3-4-5-6-7-8-9-10-11-12-13-14-15-16-17-18-19-20-21-22-23-24-25-26-27-28-29-30-31-32-33-34-35-36(37)38/h36H,2-35,37-38H2,1H3. The van der Waals surface area contributed by atoms with E-state index in [0.717, 1.165) is 6.42 Å². The molecule has 0 heterocycles. The molecule has 230 valence electrons. The lowest BCUT2D eigenvalue weighted by Crippen LogP contribution is -2.29. The molecule has 0 radical (unpaired) electrons. The molecule has 0 rings (SSSR count). The Morgan fingerprint density at radius 1 is 0.263 bits per heavy atom. The van der Waals surface area contributed by atoms with Crippen molar-refractivity contribution < 1.29 is 0 Å². The summed E-state index contributed by atoms with van der Waals surface area (Å²) in [5.74, 6) is 0. The van der Waals surface area contributed by atoms with Gasteiger partial charge in [0.25, 0.3) is 0 Å². The number of hydrogen-bond acceptors (Lipinski definition) is 2. The summed E-state index contributed by atoms with van der Waals surface area (Å²) in [5.41, 5.74) is 11.2. The Labute approximate surface area is 242 Å². The van der Waals surface area contributed by atoms with Crippen LogP contribution >= 0.6 is 0 Å². The molecule has 0 aliphatic rings. The van der Waals surface area contributed by atoms with Crippen LogP contribution in [0.4, 0.5) is 0 Å². The van der Waals surface area contributed by atoms with Crippen LogP contribution in [-0.2, 0) is 0 Å². The zero-order valence-corrected chi connectivity index (χ0v) is 26.8. The Hall–Kier alpha value is -0.0800. The van der Waals surface area contributed by atoms with Gasteiger partial charge in [0.2, 0.25) is 0 Å². The molecule has 0 aromatic heterocycles. The summed E-state index contributed by atoms with van der Waals surface area (Å²) in [6.45, 7) is 2.31. The van der Waals surface area contributed by atoms with E-state index >= 15 is 0 Å². The zero-order chi connectivity index (χ0) is 27.6. The first kappa shape index (κ1) is 37.9. The predicted molar refractivity (Wildman–Crippen MR) is 175 cm³/mol. The topological polar surface area (TPSA) is 52.0 Å². The highest BCUT2D eigenvalue weighted by atomic mass is 14.8. The molecular formula is C36H76N2. The van der Waals surface area contributed by atoms with Crippen LogP contribution in [0, 0.1) is 0 Å². The van der Waals surface area contributed by atoms with E-state index in [1.54, 1.807) is 0 Å². The monoisotopic (exact) mass is 537 g/mol. The van der Waals surface area contributed by atoms with Crippen molar-refractivity contribution in [2.24, 2.45) is 11.5 Å². The average Bonchev–Trinajstić information content (AvgIpc) is 2.91. The van der Waals surface area contributed by atoms with Gasteiger partial charge in [0.1, 0.15) is 0 Å². The molecule has 2 nitrogen and oxygen atoms in total. The van der Waals surface area contributed by atoms with Gasteiger partial charge in [0, 0.05) is 0 Å². The van der Waals surface area contributed by atoms with Crippen molar-refractivity contribution in [3.63, 3.8) is 0 Å². The van der Waals surface area contributed by atoms with Crippen molar-refractivity contribution in [1.82, 2.24) is 0 Å². The van der Waals surface area contributed by atoms with Crippen molar-refractivity contribution in [3.05, 3.63) is 0 Å². The lowest BCUT2D eigenvalue weighted by molar-refractivity contribution is 0.509. The molecule has 0 aliphatic carbocycles. The van der Waals surface area contributed by atoms with Crippen molar-refractivity contribution in [3.8, 4) is 0 Å². The molecule has 0 aromatic rings. The fourth-order valence-corrected chi connectivity index (χ4v) is 5.93. The Kier molecular flexibility index (Phi) is 34.9. The SMILES string of the molecule is CCCCCCCCCCCCCCCCCCCCCCCCCCCCCCCCCCCC(N)N. The normalized spacial score (nSPS) is 11.7. The van der Waals surface area contributed by atoms with E-state index in [1.165, 1.54) is 212 Å². The first-order valence-corrected chi connectivity index (χ1v) is 18.3. The van der Waals surface area contributed by atoms with Gasteiger partial charge in [-0.2, -0.15) is 0 Å². The van der Waals surface area contributed by atoms with E-state index in [-0.39, 0.29) is 6.17 Å². The zero-order valence-electron chi connectivity index (χ0n) is 26.8. The summed E-state index contributed by atoms with van der Waals surface area (Å²) in [6.07, 6.45) is 48.9. The van der Waals surface area contributed by atoms with Crippen LogP contribution in [0.25, 0.3) is 0 Å². The fraction of sp³-hybridized carbons (Fsp3) is 1.00. The van der Waals surface area contributed by atoms with Gasteiger partial charge >= 0.3 is 0 Å². The number of hydrogen-bond donors (Lipinski definition) is 2. The molecule has 0 saturated heterocycles. The van der Waals surface area contributed by atoms with E-state index in [0.29, 0.717) is 0 Å². The van der Waals surface area contributed by atoms with Gasteiger partial charge in [-0.1, -0.05) is 219 Å². The van der Waals surface area contributed by atoms with Crippen molar-refractivity contribution in [2.75, 3.05) is 0 Å². The van der Waals surface area contributed by atoms with Crippen LogP contribution in [-0.4, -0.2) is 6.17 Å². The predicted octanol–water partition coefficient (Wildman–Crippen LogP) is 12.5. The minimum absolute atomic E-state index is 0.103. The molecule has 0 saturated carbocycles. The molecule has 0 unspecified atom stereocenters. The Bertz CT molecular complexity index is 395. The first-order chi connectivity index (χ1) is 18.8. The lowest BCUT2D eigenvalue weighted by Gasteiger charge is -2.05. The molecule has 4 N–H and O–H groups in total. The third-order valence-corrected chi connectivity index (χ3v) is 8.64. The second-order valence-corrected chi connectivity index (χ2v) is 12.8. The number of rotatable bonds is 34. The summed E-state index contributed by atoms with van der Waals surface area (Å²) < 4.78 is 0. The van der Waals surface area contributed by atoms with Gasteiger partial charge in [-0.05, 0) is 6.42 Å². The van der Waals surface area contributed by atoms with Crippen molar-refractivity contribution in [2.45, 2.75) is 231 Å². The fourth-order valence-electron chi connectivity index (χ4n) is 5.93. The molecule has 0 fully saturated rings. The highest BCUT2D eigenvalue weighted by Gasteiger charge is 1.98. The third-order valence-electron chi connectivity index (χ3n) is 8.64. The van der Waals surface area contributed by atoms with Gasteiger partial charge in [0.15, 0.2) is 0 Å². The second-order valence-electron chi connectivity index (χ2n) is 12.8. The van der Waals surface area contributed by atoms with E-state index in [9.17, 15) is 0 Å². The van der Waals surface area contributed by atoms with Crippen LogP contribution in [0.1, 0.15) is 225 Å². The molecule has 0 amide bonds. The largest absolute Gasteiger partial charge is 0.316 e. The molecule has 0 bridgehead atoms. The maximum Gasteiger partial charge on any atom is 0.0520 e. The summed E-state index contributed by atoms with van der Waals surface area (Å²) in [4.78, 5) is 0. The maximum atomic E-state index is 5.59. The molecule has 0 aromatic carbocycles. The van der Waals surface area contributed by atoms with Crippen molar-refractivity contribution >= 4 is 0 Å².